The molecule has 30 heavy (non-hydrogen) atoms. The van der Waals surface area contributed by atoms with Crippen molar-refractivity contribution in [3.05, 3.63) is 64.6 Å². The standard InChI is InChI=1S/C22H21NO5S2/c1-3-11-28-21(26)19(15-7-5-4-6-8-15)23-20(25)18(30-22(23)29)13-14-9-10-16(24)17(12-14)27-2/h4-10,12-13,19,24H,3,11H2,1-2H3/b18-13-. The van der Waals surface area contributed by atoms with Crippen LogP contribution in [0, 0.1) is 0 Å². The zero-order valence-electron chi connectivity index (χ0n) is 16.5. The normalized spacial score (nSPS) is 16.1. The van der Waals surface area contributed by atoms with Crippen molar-refractivity contribution in [1.82, 2.24) is 4.90 Å². The van der Waals surface area contributed by atoms with Gasteiger partial charge in [0.15, 0.2) is 17.5 Å². The Bertz CT molecular complexity index is 990. The summed E-state index contributed by atoms with van der Waals surface area (Å²) < 4.78 is 10.7. The summed E-state index contributed by atoms with van der Waals surface area (Å²) in [6.45, 7) is 2.17. The number of benzene rings is 2. The van der Waals surface area contributed by atoms with Gasteiger partial charge in [-0.2, -0.15) is 0 Å². The van der Waals surface area contributed by atoms with E-state index >= 15 is 0 Å². The minimum absolute atomic E-state index is 0.00464. The molecule has 2 aromatic carbocycles. The van der Waals surface area contributed by atoms with Crippen molar-refractivity contribution >= 4 is 46.3 Å². The van der Waals surface area contributed by atoms with Crippen LogP contribution >= 0.6 is 24.0 Å². The second kappa shape index (κ2) is 9.77. The number of nitrogens with zero attached hydrogens (tertiary/aromatic N) is 1. The van der Waals surface area contributed by atoms with Gasteiger partial charge in [-0.05, 0) is 35.8 Å². The molecule has 8 heteroatoms. The van der Waals surface area contributed by atoms with Crippen LogP contribution in [0.25, 0.3) is 6.08 Å². The van der Waals surface area contributed by atoms with Gasteiger partial charge in [0.1, 0.15) is 4.32 Å². The summed E-state index contributed by atoms with van der Waals surface area (Å²) in [7, 11) is 1.45. The number of phenolic OH excluding ortho intramolecular Hbond substituents is 1. The summed E-state index contributed by atoms with van der Waals surface area (Å²) in [4.78, 5) is 27.7. The number of rotatable bonds is 7. The highest BCUT2D eigenvalue weighted by molar-refractivity contribution is 8.26. The van der Waals surface area contributed by atoms with Crippen molar-refractivity contribution in [2.24, 2.45) is 0 Å². The highest BCUT2D eigenvalue weighted by atomic mass is 32.2. The molecule has 1 N–H and O–H groups in total. The largest absolute Gasteiger partial charge is 0.504 e. The second-order valence-corrected chi connectivity index (χ2v) is 8.14. The number of hydrogen-bond donors (Lipinski definition) is 1. The number of carbonyl (C=O) groups excluding carboxylic acids is 2. The van der Waals surface area contributed by atoms with Gasteiger partial charge < -0.3 is 14.6 Å². The van der Waals surface area contributed by atoms with E-state index in [0.29, 0.717) is 28.2 Å². The number of methoxy groups -OCH3 is 1. The molecule has 0 aliphatic carbocycles. The molecule has 1 saturated heterocycles. The van der Waals surface area contributed by atoms with Crippen LogP contribution in [0.1, 0.15) is 30.5 Å². The number of esters is 1. The van der Waals surface area contributed by atoms with E-state index < -0.39 is 12.0 Å². The average molecular weight is 444 g/mol. The Labute approximate surface area is 184 Å². The zero-order chi connectivity index (χ0) is 21.7. The summed E-state index contributed by atoms with van der Waals surface area (Å²) >= 11 is 6.56. The highest BCUT2D eigenvalue weighted by Gasteiger charge is 2.42. The number of thioether (sulfide) groups is 1. The van der Waals surface area contributed by atoms with Gasteiger partial charge in [-0.1, -0.05) is 67.3 Å². The Morgan fingerprint density at radius 1 is 1.27 bits per heavy atom. The van der Waals surface area contributed by atoms with Gasteiger partial charge in [-0.25, -0.2) is 4.79 Å². The van der Waals surface area contributed by atoms with Crippen LogP contribution in [0.3, 0.4) is 0 Å². The third kappa shape index (κ3) is 4.66. The van der Waals surface area contributed by atoms with Crippen LogP contribution in [0.4, 0.5) is 0 Å². The maximum absolute atomic E-state index is 13.2. The number of ether oxygens (including phenoxy) is 2. The summed E-state index contributed by atoms with van der Waals surface area (Å²) in [5.41, 5.74) is 1.29. The van der Waals surface area contributed by atoms with E-state index in [4.69, 9.17) is 21.7 Å². The highest BCUT2D eigenvalue weighted by Crippen LogP contribution is 2.39. The van der Waals surface area contributed by atoms with Crippen molar-refractivity contribution < 1.29 is 24.2 Å². The topological polar surface area (TPSA) is 76.1 Å². The Balaban J connectivity index is 1.95. The van der Waals surface area contributed by atoms with Crippen molar-refractivity contribution in [2.45, 2.75) is 19.4 Å². The van der Waals surface area contributed by atoms with Crippen LogP contribution in [0.2, 0.25) is 0 Å². The number of phenols is 1. The molecule has 0 spiro atoms. The average Bonchev–Trinajstić information content (AvgIpc) is 3.02. The molecule has 1 heterocycles. The van der Waals surface area contributed by atoms with Gasteiger partial charge in [-0.3, -0.25) is 9.69 Å². The Kier molecular flexibility index (Phi) is 7.12. The summed E-state index contributed by atoms with van der Waals surface area (Å²) in [5.74, 6) is -0.596. The quantitative estimate of drug-likeness (QED) is 0.388. The fourth-order valence-electron chi connectivity index (χ4n) is 2.95. The van der Waals surface area contributed by atoms with Gasteiger partial charge in [0.05, 0.1) is 18.6 Å². The van der Waals surface area contributed by atoms with Crippen molar-refractivity contribution in [2.75, 3.05) is 13.7 Å². The van der Waals surface area contributed by atoms with Crippen molar-refractivity contribution in [3.8, 4) is 11.5 Å². The molecule has 156 valence electrons. The molecule has 0 bridgehead atoms. The first-order valence-corrected chi connectivity index (χ1v) is 10.5. The van der Waals surface area contributed by atoms with E-state index in [0.717, 1.165) is 11.8 Å². The lowest BCUT2D eigenvalue weighted by atomic mass is 10.1. The molecular weight excluding hydrogens is 422 g/mol. The van der Waals surface area contributed by atoms with Crippen molar-refractivity contribution in [1.29, 1.82) is 0 Å². The fourth-order valence-corrected chi connectivity index (χ4v) is 4.26. The minimum atomic E-state index is -0.953. The van der Waals surface area contributed by atoms with Gasteiger partial charge in [0.2, 0.25) is 0 Å². The molecular formula is C22H21NO5S2. The van der Waals surface area contributed by atoms with Crippen LogP contribution < -0.4 is 4.74 Å². The van der Waals surface area contributed by atoms with E-state index in [2.05, 4.69) is 0 Å². The van der Waals surface area contributed by atoms with E-state index in [1.165, 1.54) is 18.1 Å². The molecule has 0 aromatic heterocycles. The van der Waals surface area contributed by atoms with E-state index in [9.17, 15) is 14.7 Å². The molecule has 0 saturated carbocycles. The predicted octanol–water partition coefficient (Wildman–Crippen LogP) is 4.30. The van der Waals surface area contributed by atoms with E-state index in [1.54, 1.807) is 42.5 Å². The first-order valence-electron chi connectivity index (χ1n) is 9.32. The fraction of sp³-hybridized carbons (Fsp3) is 0.227. The zero-order valence-corrected chi connectivity index (χ0v) is 18.2. The Morgan fingerprint density at radius 3 is 2.67 bits per heavy atom. The number of aromatic hydroxyl groups is 1. The van der Waals surface area contributed by atoms with Gasteiger partial charge >= 0.3 is 5.97 Å². The Hall–Kier alpha value is -2.84. The van der Waals surface area contributed by atoms with Crippen LogP contribution in [-0.2, 0) is 14.3 Å². The summed E-state index contributed by atoms with van der Waals surface area (Å²) in [6.07, 6.45) is 2.33. The molecule has 6 nitrogen and oxygen atoms in total. The lowest BCUT2D eigenvalue weighted by molar-refractivity contribution is -0.151. The van der Waals surface area contributed by atoms with Crippen LogP contribution in [-0.4, -0.2) is 39.9 Å². The Morgan fingerprint density at radius 2 is 2.00 bits per heavy atom. The lowest BCUT2D eigenvalue weighted by Crippen LogP contribution is -2.38. The third-order valence-electron chi connectivity index (χ3n) is 4.37. The molecule has 1 fully saturated rings. The van der Waals surface area contributed by atoms with Gasteiger partial charge in [-0.15, -0.1) is 0 Å². The predicted molar refractivity (Wildman–Crippen MR) is 120 cm³/mol. The summed E-state index contributed by atoms with van der Waals surface area (Å²) in [6, 6.07) is 12.8. The molecule has 1 unspecified atom stereocenters. The minimum Gasteiger partial charge on any atom is -0.504 e. The first kappa shape index (κ1) is 21.9. The van der Waals surface area contributed by atoms with E-state index in [1.807, 2.05) is 13.0 Å². The maximum atomic E-state index is 13.2. The van der Waals surface area contributed by atoms with Gasteiger partial charge in [0.25, 0.3) is 5.91 Å². The molecule has 2 aromatic rings. The molecule has 0 radical (unpaired) electrons. The number of thiocarbonyl (C=S) groups is 1. The molecule has 1 amide bonds. The van der Waals surface area contributed by atoms with E-state index in [-0.39, 0.29) is 22.6 Å². The van der Waals surface area contributed by atoms with Crippen LogP contribution in [0.15, 0.2) is 53.4 Å². The smallest absolute Gasteiger partial charge is 0.333 e. The maximum Gasteiger partial charge on any atom is 0.333 e. The molecule has 1 atom stereocenters. The van der Waals surface area contributed by atoms with Crippen molar-refractivity contribution in [3.63, 3.8) is 0 Å². The summed E-state index contributed by atoms with van der Waals surface area (Å²) in [5, 5.41) is 9.76. The van der Waals surface area contributed by atoms with Crippen LogP contribution in [0.5, 0.6) is 11.5 Å². The molecule has 1 aliphatic rings. The molecule has 3 rings (SSSR count). The first-order chi connectivity index (χ1) is 14.5. The number of hydrogen-bond acceptors (Lipinski definition) is 7. The molecule has 1 aliphatic heterocycles. The third-order valence-corrected chi connectivity index (χ3v) is 5.70. The van der Waals surface area contributed by atoms with Gasteiger partial charge in [0, 0.05) is 0 Å². The second-order valence-electron chi connectivity index (χ2n) is 6.46. The number of amides is 1. The SMILES string of the molecule is CCCOC(=O)C(c1ccccc1)N1C(=O)/C(=C/c2ccc(O)c(OC)c2)SC1=S. The monoisotopic (exact) mass is 443 g/mol. The number of carbonyl (C=O) groups is 2. The lowest BCUT2D eigenvalue weighted by Gasteiger charge is -2.25.